The summed E-state index contributed by atoms with van der Waals surface area (Å²) in [4.78, 5) is 12.0. The van der Waals surface area contributed by atoms with Crippen LogP contribution in [-0.2, 0) is 21.1 Å². The Hall–Kier alpha value is -1.85. The van der Waals surface area contributed by atoms with E-state index < -0.39 is 21.5 Å². The van der Waals surface area contributed by atoms with Crippen molar-refractivity contribution in [1.82, 2.24) is 0 Å². The van der Waals surface area contributed by atoms with Crippen LogP contribution in [0.25, 0.3) is 0 Å². The van der Waals surface area contributed by atoms with Crippen LogP contribution in [0.5, 0.6) is 0 Å². The first-order valence-electron chi connectivity index (χ1n) is 7.67. The summed E-state index contributed by atoms with van der Waals surface area (Å²) in [5, 5.41) is 3.14. The summed E-state index contributed by atoms with van der Waals surface area (Å²) in [5.74, 6) is -1.07. The minimum absolute atomic E-state index is 0.0101. The van der Waals surface area contributed by atoms with Crippen LogP contribution < -0.4 is 5.32 Å². The highest BCUT2D eigenvalue weighted by atomic mass is 35.5. The van der Waals surface area contributed by atoms with Gasteiger partial charge in [0.15, 0.2) is 9.84 Å². The summed E-state index contributed by atoms with van der Waals surface area (Å²) in [6, 6.07) is 14.8. The number of nitrogens with one attached hydrogen (secondary N) is 1. The van der Waals surface area contributed by atoms with Gasteiger partial charge in [0.25, 0.3) is 0 Å². The summed E-state index contributed by atoms with van der Waals surface area (Å²) < 4.78 is 24.2. The Morgan fingerprint density at radius 2 is 1.79 bits per heavy atom. The summed E-state index contributed by atoms with van der Waals surface area (Å²) in [7, 11) is -3.44. The van der Waals surface area contributed by atoms with Crippen molar-refractivity contribution < 1.29 is 13.2 Å². The molecule has 2 aromatic carbocycles. The number of hydrogen-bond acceptors (Lipinski definition) is 3. The van der Waals surface area contributed by atoms with Crippen LogP contribution in [-0.4, -0.2) is 25.8 Å². The van der Waals surface area contributed by atoms with Gasteiger partial charge in [-0.2, -0.15) is 0 Å². The molecule has 0 aliphatic heterocycles. The van der Waals surface area contributed by atoms with Crippen molar-refractivity contribution in [2.24, 2.45) is 0 Å². The monoisotopic (exact) mass is 365 g/mol. The summed E-state index contributed by atoms with van der Waals surface area (Å²) >= 11 is 5.99. The Balaban J connectivity index is 1.86. The number of sulfone groups is 1. The highest BCUT2D eigenvalue weighted by Crippen LogP contribution is 2.22. The SMILES string of the molecule is Cc1c(Cl)cccc1NC(=O)CS(=O)(=O)CCCc1ccccc1. The molecule has 0 saturated carbocycles. The first kappa shape index (κ1) is 18.5. The number of aryl methyl sites for hydroxylation is 1. The zero-order chi connectivity index (χ0) is 17.6. The van der Waals surface area contributed by atoms with Gasteiger partial charge in [-0.1, -0.05) is 48.0 Å². The van der Waals surface area contributed by atoms with Gasteiger partial charge in [-0.05, 0) is 43.0 Å². The molecule has 0 unspecified atom stereocenters. The number of rotatable bonds is 7. The van der Waals surface area contributed by atoms with Gasteiger partial charge in [0.1, 0.15) is 5.75 Å². The third kappa shape index (κ3) is 5.65. The summed E-state index contributed by atoms with van der Waals surface area (Å²) in [6.07, 6.45) is 1.17. The standard InChI is InChI=1S/C18H20ClNO3S/c1-14-16(19)10-5-11-17(14)20-18(21)13-24(22,23)12-6-9-15-7-3-2-4-8-15/h2-5,7-8,10-11H,6,9,12-13H2,1H3,(H,20,21). The molecule has 0 aliphatic carbocycles. The predicted octanol–water partition coefficient (Wildman–Crippen LogP) is 3.63. The largest absolute Gasteiger partial charge is 0.325 e. The van der Waals surface area contributed by atoms with Gasteiger partial charge < -0.3 is 5.32 Å². The average Bonchev–Trinajstić information content (AvgIpc) is 2.52. The molecular formula is C18H20ClNO3S. The van der Waals surface area contributed by atoms with E-state index in [9.17, 15) is 13.2 Å². The van der Waals surface area contributed by atoms with Crippen LogP contribution in [0.3, 0.4) is 0 Å². The first-order chi connectivity index (χ1) is 11.4. The molecule has 2 rings (SSSR count). The third-order valence-corrected chi connectivity index (χ3v) is 5.68. The van der Waals surface area contributed by atoms with E-state index >= 15 is 0 Å². The lowest BCUT2D eigenvalue weighted by Crippen LogP contribution is -2.25. The van der Waals surface area contributed by atoms with Gasteiger partial charge in [-0.15, -0.1) is 0 Å². The topological polar surface area (TPSA) is 63.2 Å². The van der Waals surface area contributed by atoms with E-state index in [2.05, 4.69) is 5.32 Å². The van der Waals surface area contributed by atoms with Crippen molar-refractivity contribution in [3.8, 4) is 0 Å². The van der Waals surface area contributed by atoms with E-state index in [0.29, 0.717) is 29.1 Å². The Morgan fingerprint density at radius 3 is 2.50 bits per heavy atom. The van der Waals surface area contributed by atoms with Gasteiger partial charge >= 0.3 is 0 Å². The van der Waals surface area contributed by atoms with Crippen LogP contribution in [0, 0.1) is 6.92 Å². The number of anilines is 1. The van der Waals surface area contributed by atoms with E-state index in [0.717, 1.165) is 5.56 Å². The second-order valence-electron chi connectivity index (χ2n) is 5.64. The lowest BCUT2D eigenvalue weighted by molar-refractivity contribution is -0.113. The lowest BCUT2D eigenvalue weighted by Gasteiger charge is -2.10. The molecule has 0 radical (unpaired) electrons. The Kier molecular flexibility index (Phi) is 6.40. The second kappa shape index (κ2) is 8.31. The molecule has 1 N–H and O–H groups in total. The number of halogens is 1. The molecule has 0 atom stereocenters. The van der Waals surface area contributed by atoms with Crippen molar-refractivity contribution in [1.29, 1.82) is 0 Å². The quantitative estimate of drug-likeness (QED) is 0.814. The summed E-state index contributed by atoms with van der Waals surface area (Å²) in [6.45, 7) is 1.77. The Bertz CT molecular complexity index is 804. The molecule has 1 amide bonds. The maximum atomic E-state index is 12.1. The first-order valence-corrected chi connectivity index (χ1v) is 9.86. The molecular weight excluding hydrogens is 346 g/mol. The minimum atomic E-state index is -3.44. The zero-order valence-electron chi connectivity index (χ0n) is 13.5. The fraction of sp³-hybridized carbons (Fsp3) is 0.278. The van der Waals surface area contributed by atoms with Crippen molar-refractivity contribution in [2.75, 3.05) is 16.8 Å². The van der Waals surface area contributed by atoms with Crippen LogP contribution in [0.4, 0.5) is 5.69 Å². The highest BCUT2D eigenvalue weighted by Gasteiger charge is 2.17. The number of benzene rings is 2. The van der Waals surface area contributed by atoms with E-state index in [-0.39, 0.29) is 5.75 Å². The van der Waals surface area contributed by atoms with Crippen molar-refractivity contribution in [3.05, 3.63) is 64.7 Å². The number of amides is 1. The van der Waals surface area contributed by atoms with Gasteiger partial charge in [0.05, 0.1) is 5.75 Å². The molecule has 128 valence electrons. The third-order valence-electron chi connectivity index (χ3n) is 3.66. The van der Waals surface area contributed by atoms with Crippen LogP contribution in [0.2, 0.25) is 5.02 Å². The zero-order valence-corrected chi connectivity index (χ0v) is 15.0. The van der Waals surface area contributed by atoms with Gasteiger partial charge in [-0.25, -0.2) is 8.42 Å². The fourth-order valence-corrected chi connectivity index (χ4v) is 3.72. The van der Waals surface area contributed by atoms with Crippen LogP contribution in [0.15, 0.2) is 48.5 Å². The predicted molar refractivity (Wildman–Crippen MR) is 98.2 cm³/mol. The van der Waals surface area contributed by atoms with Crippen LogP contribution >= 0.6 is 11.6 Å². The average molecular weight is 366 g/mol. The highest BCUT2D eigenvalue weighted by molar-refractivity contribution is 7.92. The number of hydrogen-bond donors (Lipinski definition) is 1. The Morgan fingerprint density at radius 1 is 1.08 bits per heavy atom. The van der Waals surface area contributed by atoms with E-state index in [1.807, 2.05) is 30.3 Å². The number of carbonyl (C=O) groups is 1. The Labute approximate surface area is 147 Å². The van der Waals surface area contributed by atoms with E-state index in [1.54, 1.807) is 25.1 Å². The van der Waals surface area contributed by atoms with Gasteiger partial charge in [0, 0.05) is 10.7 Å². The molecule has 0 heterocycles. The molecule has 2 aromatic rings. The number of carbonyl (C=O) groups excluding carboxylic acids is 1. The van der Waals surface area contributed by atoms with Crippen molar-refractivity contribution in [2.45, 2.75) is 19.8 Å². The van der Waals surface area contributed by atoms with Crippen molar-refractivity contribution >= 4 is 33.0 Å². The van der Waals surface area contributed by atoms with E-state index in [4.69, 9.17) is 11.6 Å². The van der Waals surface area contributed by atoms with Crippen molar-refractivity contribution in [3.63, 3.8) is 0 Å². The molecule has 6 heteroatoms. The summed E-state index contributed by atoms with van der Waals surface area (Å²) in [5.41, 5.74) is 2.34. The lowest BCUT2D eigenvalue weighted by atomic mass is 10.1. The van der Waals surface area contributed by atoms with Gasteiger partial charge in [-0.3, -0.25) is 4.79 Å². The smallest absolute Gasteiger partial charge is 0.239 e. The molecule has 4 nitrogen and oxygen atoms in total. The van der Waals surface area contributed by atoms with Gasteiger partial charge in [0.2, 0.25) is 5.91 Å². The maximum Gasteiger partial charge on any atom is 0.239 e. The maximum absolute atomic E-state index is 12.1. The molecule has 0 fully saturated rings. The molecule has 0 saturated heterocycles. The molecule has 24 heavy (non-hydrogen) atoms. The normalized spacial score (nSPS) is 11.2. The molecule has 0 bridgehead atoms. The van der Waals surface area contributed by atoms with Crippen LogP contribution in [0.1, 0.15) is 17.5 Å². The molecule has 0 aliphatic rings. The molecule has 0 aromatic heterocycles. The second-order valence-corrected chi connectivity index (χ2v) is 8.23. The minimum Gasteiger partial charge on any atom is -0.325 e. The molecule has 0 spiro atoms. The van der Waals surface area contributed by atoms with E-state index in [1.165, 1.54) is 0 Å². The fourth-order valence-electron chi connectivity index (χ4n) is 2.34.